The zero-order chi connectivity index (χ0) is 22.1. The van der Waals surface area contributed by atoms with Crippen molar-refractivity contribution in [1.82, 2.24) is 15.1 Å². The molecule has 0 radical (unpaired) electrons. The van der Waals surface area contributed by atoms with Crippen molar-refractivity contribution in [2.45, 2.75) is 31.9 Å². The molecule has 6 nitrogen and oxygen atoms in total. The van der Waals surface area contributed by atoms with Crippen LogP contribution in [0, 0.1) is 5.82 Å². The largest absolute Gasteiger partial charge is 0.478 e. The molecule has 0 amide bonds. The summed E-state index contributed by atoms with van der Waals surface area (Å²) in [5.41, 5.74) is 8.52. The third kappa shape index (κ3) is 4.49. The number of ether oxygens (including phenoxy) is 1. The van der Waals surface area contributed by atoms with Gasteiger partial charge < -0.3 is 10.1 Å². The molecular weight excluding hydrogens is 440 g/mol. The van der Waals surface area contributed by atoms with Gasteiger partial charge in [0.15, 0.2) is 0 Å². The Bertz CT molecular complexity index is 1100. The molecule has 1 aromatic carbocycles. The molecule has 1 atom stereocenters. The summed E-state index contributed by atoms with van der Waals surface area (Å²) in [5, 5.41) is 8.22. The Morgan fingerprint density at radius 3 is 2.77 bits per heavy atom. The Labute approximate surface area is 190 Å². The molecule has 3 N–H and O–H groups in total. The zero-order valence-electron chi connectivity index (χ0n) is 17.4. The van der Waals surface area contributed by atoms with Crippen molar-refractivity contribution in [3.05, 3.63) is 58.2 Å². The van der Waals surface area contributed by atoms with Gasteiger partial charge in [0.25, 0.3) is 0 Å². The fourth-order valence-corrected chi connectivity index (χ4v) is 4.56. The van der Waals surface area contributed by atoms with E-state index in [4.69, 9.17) is 33.7 Å². The number of hydrogen-bond acceptors (Lipinski definition) is 4. The Balaban J connectivity index is 1.63. The summed E-state index contributed by atoms with van der Waals surface area (Å²) >= 11 is 12.4. The third-order valence-electron chi connectivity index (χ3n) is 5.66. The minimum absolute atomic E-state index is 0.0534. The van der Waals surface area contributed by atoms with Crippen molar-refractivity contribution in [2.75, 3.05) is 18.8 Å². The van der Waals surface area contributed by atoms with Crippen molar-refractivity contribution in [3.8, 4) is 16.9 Å². The second-order valence-electron chi connectivity index (χ2n) is 7.80. The summed E-state index contributed by atoms with van der Waals surface area (Å²) in [4.78, 5) is 0. The van der Waals surface area contributed by atoms with Crippen LogP contribution in [0.5, 0.6) is 5.75 Å². The SMILES string of the molecule is CC(Oc1cc(-c2cnn(C3CCNCC3)c2)c[n+](C)c1N)c1c(Cl)ccc(F)c1Cl. The number of pyridine rings is 1. The monoisotopic (exact) mass is 464 g/mol. The van der Waals surface area contributed by atoms with Gasteiger partial charge in [-0.25, -0.2) is 8.96 Å². The van der Waals surface area contributed by atoms with E-state index in [9.17, 15) is 4.39 Å². The Hall–Kier alpha value is -2.35. The first-order chi connectivity index (χ1) is 14.8. The van der Waals surface area contributed by atoms with E-state index < -0.39 is 11.9 Å². The predicted octanol–water partition coefficient (Wildman–Crippen LogP) is 4.47. The van der Waals surface area contributed by atoms with Crippen LogP contribution in [0.3, 0.4) is 0 Å². The minimum Gasteiger partial charge on any atom is -0.478 e. The molecule has 1 aliphatic rings. The van der Waals surface area contributed by atoms with Gasteiger partial charge in [0.1, 0.15) is 11.9 Å². The number of nitrogens with two attached hydrogens (primary N) is 1. The van der Waals surface area contributed by atoms with Crippen LogP contribution >= 0.6 is 23.2 Å². The lowest BCUT2D eigenvalue weighted by Crippen LogP contribution is -2.32. The van der Waals surface area contributed by atoms with Gasteiger partial charge in [-0.2, -0.15) is 5.10 Å². The number of aryl methyl sites for hydroxylation is 1. The van der Waals surface area contributed by atoms with E-state index in [1.807, 2.05) is 30.2 Å². The number of nitrogens with one attached hydrogen (secondary N) is 1. The molecule has 1 unspecified atom stereocenters. The predicted molar refractivity (Wildman–Crippen MR) is 120 cm³/mol. The van der Waals surface area contributed by atoms with Crippen LogP contribution in [0.2, 0.25) is 10.0 Å². The number of aromatic nitrogens is 3. The molecule has 9 heteroatoms. The molecule has 1 aliphatic heterocycles. The summed E-state index contributed by atoms with van der Waals surface area (Å²) in [6, 6.07) is 4.95. The lowest BCUT2D eigenvalue weighted by Gasteiger charge is -2.22. The Morgan fingerprint density at radius 2 is 2.03 bits per heavy atom. The average molecular weight is 465 g/mol. The molecule has 3 aromatic rings. The van der Waals surface area contributed by atoms with E-state index in [1.54, 1.807) is 11.5 Å². The van der Waals surface area contributed by atoms with E-state index in [0.717, 1.165) is 37.1 Å². The second kappa shape index (κ2) is 9.02. The number of anilines is 1. The second-order valence-corrected chi connectivity index (χ2v) is 8.58. The first-order valence-corrected chi connectivity index (χ1v) is 10.9. The maximum atomic E-state index is 14.0. The van der Waals surface area contributed by atoms with Crippen LogP contribution in [-0.2, 0) is 7.05 Å². The van der Waals surface area contributed by atoms with Gasteiger partial charge in [-0.05, 0) is 45.0 Å². The summed E-state index contributed by atoms with van der Waals surface area (Å²) in [7, 11) is 1.84. The van der Waals surface area contributed by atoms with Crippen LogP contribution in [0.25, 0.3) is 11.1 Å². The molecule has 0 aliphatic carbocycles. The molecular formula is C22H25Cl2FN5O+. The van der Waals surface area contributed by atoms with E-state index in [2.05, 4.69) is 16.6 Å². The molecule has 0 saturated carbocycles. The topological polar surface area (TPSA) is 69.0 Å². The molecule has 1 saturated heterocycles. The summed E-state index contributed by atoms with van der Waals surface area (Å²) in [6.07, 6.45) is 7.33. The molecule has 0 bridgehead atoms. The van der Waals surface area contributed by atoms with Crippen LogP contribution in [0.1, 0.15) is 37.5 Å². The highest BCUT2D eigenvalue weighted by molar-refractivity contribution is 6.36. The third-order valence-corrected chi connectivity index (χ3v) is 6.37. The fraction of sp³-hybridized carbons (Fsp3) is 0.364. The van der Waals surface area contributed by atoms with Crippen molar-refractivity contribution < 1.29 is 13.7 Å². The number of nitrogens with zero attached hydrogens (tertiary/aromatic N) is 3. The van der Waals surface area contributed by atoms with Crippen LogP contribution < -0.4 is 20.4 Å². The number of piperidine rings is 1. The summed E-state index contributed by atoms with van der Waals surface area (Å²) in [6.45, 7) is 3.75. The molecule has 2 aromatic heterocycles. The highest BCUT2D eigenvalue weighted by Gasteiger charge is 2.23. The van der Waals surface area contributed by atoms with Gasteiger partial charge in [0, 0.05) is 34.0 Å². The van der Waals surface area contributed by atoms with Gasteiger partial charge in [0.05, 0.1) is 30.5 Å². The van der Waals surface area contributed by atoms with Crippen molar-refractivity contribution in [3.63, 3.8) is 0 Å². The first-order valence-electron chi connectivity index (χ1n) is 10.2. The average Bonchev–Trinajstić information content (AvgIpc) is 3.25. The van der Waals surface area contributed by atoms with Crippen LogP contribution in [0.4, 0.5) is 10.2 Å². The van der Waals surface area contributed by atoms with Gasteiger partial charge in [0.2, 0.25) is 5.75 Å². The molecule has 1 fully saturated rings. The summed E-state index contributed by atoms with van der Waals surface area (Å²) < 4.78 is 23.9. The zero-order valence-corrected chi connectivity index (χ0v) is 18.9. The lowest BCUT2D eigenvalue weighted by atomic mass is 10.1. The van der Waals surface area contributed by atoms with Crippen molar-refractivity contribution in [2.24, 2.45) is 7.05 Å². The fourth-order valence-electron chi connectivity index (χ4n) is 3.88. The molecule has 31 heavy (non-hydrogen) atoms. The van der Waals surface area contributed by atoms with E-state index in [0.29, 0.717) is 28.2 Å². The first kappa shape index (κ1) is 21.9. The number of rotatable bonds is 5. The van der Waals surface area contributed by atoms with Gasteiger partial charge in [-0.1, -0.05) is 23.2 Å². The summed E-state index contributed by atoms with van der Waals surface area (Å²) in [5.74, 6) is 0.345. The molecule has 164 valence electrons. The highest BCUT2D eigenvalue weighted by atomic mass is 35.5. The number of nitrogen functional groups attached to an aromatic ring is 1. The Kier molecular flexibility index (Phi) is 6.36. The van der Waals surface area contributed by atoms with Gasteiger partial charge in [-0.15, -0.1) is 0 Å². The smallest absolute Gasteiger partial charge is 0.315 e. The normalized spacial score (nSPS) is 15.8. The number of halogens is 3. The van der Waals surface area contributed by atoms with Crippen LogP contribution in [-0.4, -0.2) is 22.9 Å². The number of hydrogen-bond donors (Lipinski definition) is 2. The molecule has 4 rings (SSSR count). The minimum atomic E-state index is -0.606. The molecule has 0 spiro atoms. The van der Waals surface area contributed by atoms with Gasteiger partial charge in [-0.3, -0.25) is 10.4 Å². The van der Waals surface area contributed by atoms with E-state index in [1.165, 1.54) is 12.1 Å². The Morgan fingerprint density at radius 1 is 1.29 bits per heavy atom. The van der Waals surface area contributed by atoms with E-state index in [-0.39, 0.29) is 5.02 Å². The van der Waals surface area contributed by atoms with Crippen LogP contribution in [0.15, 0.2) is 36.8 Å². The lowest BCUT2D eigenvalue weighted by molar-refractivity contribution is -0.656. The maximum absolute atomic E-state index is 14.0. The van der Waals surface area contributed by atoms with Crippen molar-refractivity contribution >= 4 is 29.0 Å². The standard InChI is InChI=1S/C22H24Cl2FN5O/c1-13(20-17(23)3-4-18(25)21(20)24)31-19-9-14(11-29(2)22(19)26)15-10-28-30(12-15)16-5-7-27-8-6-16/h3-4,9-13,16,26-27H,5-8H2,1-2H3/p+1. The van der Waals surface area contributed by atoms with Gasteiger partial charge >= 0.3 is 5.82 Å². The van der Waals surface area contributed by atoms with E-state index >= 15 is 0 Å². The number of benzene rings is 1. The maximum Gasteiger partial charge on any atom is 0.315 e. The molecule has 3 heterocycles. The quantitative estimate of drug-likeness (QED) is 0.431. The van der Waals surface area contributed by atoms with Crippen molar-refractivity contribution in [1.29, 1.82) is 0 Å². The highest BCUT2D eigenvalue weighted by Crippen LogP contribution is 2.36.